The smallest absolute Gasteiger partial charge is 0.243 e. The van der Waals surface area contributed by atoms with E-state index in [0.717, 1.165) is 19.4 Å². The summed E-state index contributed by atoms with van der Waals surface area (Å²) in [6.07, 6.45) is 7.56. The lowest BCUT2D eigenvalue weighted by Gasteiger charge is -2.12. The summed E-state index contributed by atoms with van der Waals surface area (Å²) in [5.74, 6) is 2.88. The molecule has 0 aliphatic rings. The van der Waals surface area contributed by atoms with E-state index >= 15 is 0 Å². The SMILES string of the molecule is C#Cc1cccc(NC(=O)CNC(=NC)NCCOCCOCCCC)c1.I. The molecule has 3 N–H and O–H groups in total. The van der Waals surface area contributed by atoms with E-state index in [2.05, 4.69) is 33.8 Å². The van der Waals surface area contributed by atoms with Gasteiger partial charge in [0, 0.05) is 31.5 Å². The highest BCUT2D eigenvalue weighted by Gasteiger charge is 2.04. The van der Waals surface area contributed by atoms with E-state index in [0.29, 0.717) is 43.6 Å². The van der Waals surface area contributed by atoms with Crippen molar-refractivity contribution in [2.45, 2.75) is 19.8 Å². The summed E-state index contributed by atoms with van der Waals surface area (Å²) in [7, 11) is 1.64. The number of unbranched alkanes of at least 4 members (excludes halogenated alkanes) is 1. The highest BCUT2D eigenvalue weighted by molar-refractivity contribution is 14.0. The van der Waals surface area contributed by atoms with E-state index in [1.165, 1.54) is 0 Å². The third-order valence-electron chi connectivity index (χ3n) is 3.51. The summed E-state index contributed by atoms with van der Waals surface area (Å²) in [6.45, 7) is 5.29. The minimum absolute atomic E-state index is 0. The molecule has 1 rings (SSSR count). The topological polar surface area (TPSA) is 84.0 Å². The van der Waals surface area contributed by atoms with Crippen LogP contribution in [0.15, 0.2) is 29.3 Å². The van der Waals surface area contributed by atoms with Crippen molar-refractivity contribution >= 4 is 41.5 Å². The third-order valence-corrected chi connectivity index (χ3v) is 3.51. The van der Waals surface area contributed by atoms with E-state index in [-0.39, 0.29) is 36.4 Å². The molecule has 7 nitrogen and oxygen atoms in total. The number of guanidine groups is 1. The van der Waals surface area contributed by atoms with Crippen LogP contribution >= 0.6 is 24.0 Å². The number of halogens is 1. The molecule has 0 saturated carbocycles. The van der Waals surface area contributed by atoms with Gasteiger partial charge in [0.1, 0.15) is 0 Å². The fourth-order valence-electron chi connectivity index (χ4n) is 2.09. The Kier molecular flexibility index (Phi) is 16.2. The molecule has 0 bridgehead atoms. The Morgan fingerprint density at radius 2 is 1.93 bits per heavy atom. The van der Waals surface area contributed by atoms with E-state index in [1.807, 2.05) is 0 Å². The monoisotopic (exact) mass is 502 g/mol. The number of hydrogen-bond donors (Lipinski definition) is 3. The van der Waals surface area contributed by atoms with E-state index < -0.39 is 0 Å². The molecule has 0 fully saturated rings. The highest BCUT2D eigenvalue weighted by Crippen LogP contribution is 2.09. The van der Waals surface area contributed by atoms with Crippen LogP contribution in [0.3, 0.4) is 0 Å². The average molecular weight is 502 g/mol. The molecule has 28 heavy (non-hydrogen) atoms. The molecular weight excluding hydrogens is 471 g/mol. The Labute approximate surface area is 185 Å². The van der Waals surface area contributed by atoms with Gasteiger partial charge >= 0.3 is 0 Å². The lowest BCUT2D eigenvalue weighted by molar-refractivity contribution is -0.115. The number of amides is 1. The highest BCUT2D eigenvalue weighted by atomic mass is 127. The summed E-state index contributed by atoms with van der Waals surface area (Å²) in [6, 6.07) is 7.13. The molecule has 1 aromatic carbocycles. The zero-order valence-corrected chi connectivity index (χ0v) is 19.0. The number of aliphatic imine (C=N–C) groups is 1. The van der Waals surface area contributed by atoms with Crippen LogP contribution in [-0.4, -0.2) is 58.4 Å². The second kappa shape index (κ2) is 17.3. The molecule has 0 spiro atoms. The van der Waals surface area contributed by atoms with Crippen molar-refractivity contribution in [2.75, 3.05) is 51.9 Å². The molecule has 0 aromatic heterocycles. The summed E-state index contributed by atoms with van der Waals surface area (Å²) in [4.78, 5) is 16.1. The molecule has 0 atom stereocenters. The van der Waals surface area contributed by atoms with Crippen molar-refractivity contribution < 1.29 is 14.3 Å². The van der Waals surface area contributed by atoms with Gasteiger partial charge in [-0.15, -0.1) is 30.4 Å². The number of carbonyl (C=O) groups excluding carboxylic acids is 1. The van der Waals surface area contributed by atoms with Gasteiger partial charge in [-0.25, -0.2) is 0 Å². The van der Waals surface area contributed by atoms with Crippen LogP contribution < -0.4 is 16.0 Å². The largest absolute Gasteiger partial charge is 0.379 e. The predicted molar refractivity (Wildman–Crippen MR) is 124 cm³/mol. The maximum absolute atomic E-state index is 12.0. The molecule has 0 saturated heterocycles. The molecule has 8 heteroatoms. The third kappa shape index (κ3) is 12.5. The molecule has 0 unspecified atom stereocenters. The second-order valence-corrected chi connectivity index (χ2v) is 5.70. The first-order chi connectivity index (χ1) is 13.2. The standard InChI is InChI=1S/C20H30N4O3.HI/c1-4-6-11-26-13-14-27-12-10-22-20(21-3)23-16-19(25)24-18-9-7-8-17(5-2)15-18;/h2,7-9,15H,4,6,10-14,16H2,1,3H3,(H,24,25)(H2,21,22,23);1H. The van der Waals surface area contributed by atoms with Gasteiger partial charge in [0.2, 0.25) is 5.91 Å². The van der Waals surface area contributed by atoms with Gasteiger partial charge in [-0.05, 0) is 24.6 Å². The maximum atomic E-state index is 12.0. The number of ether oxygens (including phenoxy) is 2. The first-order valence-electron chi connectivity index (χ1n) is 9.16. The van der Waals surface area contributed by atoms with Crippen LogP contribution in [0.5, 0.6) is 0 Å². The van der Waals surface area contributed by atoms with Gasteiger partial charge in [-0.1, -0.05) is 25.3 Å². The van der Waals surface area contributed by atoms with Crippen LogP contribution in [0.2, 0.25) is 0 Å². The van der Waals surface area contributed by atoms with Crippen LogP contribution in [0.4, 0.5) is 5.69 Å². The van der Waals surface area contributed by atoms with Crippen molar-refractivity contribution in [3.63, 3.8) is 0 Å². The van der Waals surface area contributed by atoms with E-state index in [4.69, 9.17) is 15.9 Å². The first kappa shape index (κ1) is 26.2. The number of terminal acetylenes is 1. The number of rotatable bonds is 12. The Hall–Kier alpha value is -1.83. The molecule has 1 aromatic rings. The fourth-order valence-corrected chi connectivity index (χ4v) is 2.09. The fraction of sp³-hybridized carbons (Fsp3) is 0.500. The average Bonchev–Trinajstić information content (AvgIpc) is 2.69. The Bertz CT molecular complexity index is 632. The maximum Gasteiger partial charge on any atom is 0.243 e. The van der Waals surface area contributed by atoms with Crippen molar-refractivity contribution in [3.8, 4) is 12.3 Å². The Morgan fingerprint density at radius 1 is 1.18 bits per heavy atom. The number of nitrogens with zero attached hydrogens (tertiary/aromatic N) is 1. The molecule has 0 aliphatic carbocycles. The summed E-state index contributed by atoms with van der Waals surface area (Å²) >= 11 is 0. The minimum Gasteiger partial charge on any atom is -0.379 e. The van der Waals surface area contributed by atoms with Gasteiger partial charge in [-0.2, -0.15) is 0 Å². The van der Waals surface area contributed by atoms with Crippen molar-refractivity contribution in [2.24, 2.45) is 4.99 Å². The molecule has 0 radical (unpaired) electrons. The van der Waals surface area contributed by atoms with Crippen molar-refractivity contribution in [1.82, 2.24) is 10.6 Å². The zero-order chi connectivity index (χ0) is 19.7. The zero-order valence-electron chi connectivity index (χ0n) is 16.6. The number of nitrogens with one attached hydrogen (secondary N) is 3. The quantitative estimate of drug-likeness (QED) is 0.134. The summed E-state index contributed by atoms with van der Waals surface area (Å²) < 4.78 is 10.9. The first-order valence-corrected chi connectivity index (χ1v) is 9.16. The van der Waals surface area contributed by atoms with Gasteiger partial charge in [0.25, 0.3) is 0 Å². The Balaban J connectivity index is 0.00000729. The van der Waals surface area contributed by atoms with Gasteiger partial charge in [-0.3, -0.25) is 9.79 Å². The molecule has 0 heterocycles. The number of benzene rings is 1. The van der Waals surface area contributed by atoms with Gasteiger partial charge in [0.15, 0.2) is 5.96 Å². The molecular formula is C20H31IN4O3. The van der Waals surface area contributed by atoms with Crippen molar-refractivity contribution in [1.29, 1.82) is 0 Å². The second-order valence-electron chi connectivity index (χ2n) is 5.70. The number of hydrogen-bond acceptors (Lipinski definition) is 4. The van der Waals surface area contributed by atoms with Crippen LogP contribution in [0.25, 0.3) is 0 Å². The van der Waals surface area contributed by atoms with E-state index in [9.17, 15) is 4.79 Å². The van der Waals surface area contributed by atoms with Crippen LogP contribution in [0.1, 0.15) is 25.3 Å². The Morgan fingerprint density at radius 3 is 2.61 bits per heavy atom. The molecule has 0 aliphatic heterocycles. The minimum atomic E-state index is -0.187. The summed E-state index contributed by atoms with van der Waals surface area (Å²) in [5.41, 5.74) is 1.38. The van der Waals surface area contributed by atoms with E-state index in [1.54, 1.807) is 31.3 Å². The van der Waals surface area contributed by atoms with Crippen LogP contribution in [-0.2, 0) is 14.3 Å². The van der Waals surface area contributed by atoms with Crippen LogP contribution in [0, 0.1) is 12.3 Å². The number of anilines is 1. The molecule has 156 valence electrons. The van der Waals surface area contributed by atoms with Gasteiger partial charge < -0.3 is 25.4 Å². The molecule has 1 amide bonds. The number of carbonyl (C=O) groups is 1. The predicted octanol–water partition coefficient (Wildman–Crippen LogP) is 2.22. The lowest BCUT2D eigenvalue weighted by Crippen LogP contribution is -2.42. The normalized spacial score (nSPS) is 10.5. The van der Waals surface area contributed by atoms with Gasteiger partial charge in [0.05, 0.1) is 26.4 Å². The summed E-state index contributed by atoms with van der Waals surface area (Å²) in [5, 5.41) is 8.82. The van der Waals surface area contributed by atoms with Crippen molar-refractivity contribution in [3.05, 3.63) is 29.8 Å². The lowest BCUT2D eigenvalue weighted by atomic mass is 10.2.